The maximum atomic E-state index is 5.99. The van der Waals surface area contributed by atoms with Crippen LogP contribution >= 0.6 is 0 Å². The van der Waals surface area contributed by atoms with E-state index in [9.17, 15) is 0 Å². The molecule has 158 valence electrons. The molecule has 1 atom stereocenters. The van der Waals surface area contributed by atoms with Crippen molar-refractivity contribution in [2.24, 2.45) is 4.99 Å². The van der Waals surface area contributed by atoms with E-state index in [1.54, 1.807) is 13.4 Å². The van der Waals surface area contributed by atoms with Crippen molar-refractivity contribution in [2.75, 3.05) is 44.8 Å². The summed E-state index contributed by atoms with van der Waals surface area (Å²) in [4.78, 5) is 18.9. The lowest BCUT2D eigenvalue weighted by Gasteiger charge is -2.35. The van der Waals surface area contributed by atoms with Gasteiger partial charge in [-0.05, 0) is 37.5 Å². The lowest BCUT2D eigenvalue weighted by atomic mass is 10.0. The highest BCUT2D eigenvalue weighted by Crippen LogP contribution is 2.30. The summed E-state index contributed by atoms with van der Waals surface area (Å²) in [6.45, 7) is 7.52. The second kappa shape index (κ2) is 8.32. The number of hydrogen-bond acceptors (Lipinski definition) is 7. The summed E-state index contributed by atoms with van der Waals surface area (Å²) in [5, 5.41) is 0. The van der Waals surface area contributed by atoms with Crippen LogP contribution < -0.4 is 9.64 Å². The Morgan fingerprint density at radius 3 is 2.70 bits per heavy atom. The summed E-state index contributed by atoms with van der Waals surface area (Å²) in [5.41, 5.74) is 4.11. The molecule has 1 aliphatic carbocycles. The van der Waals surface area contributed by atoms with E-state index in [4.69, 9.17) is 14.5 Å². The zero-order valence-corrected chi connectivity index (χ0v) is 17.8. The molecule has 2 fully saturated rings. The Balaban J connectivity index is 1.33. The fraction of sp³-hybridized carbons (Fsp3) is 0.522. The van der Waals surface area contributed by atoms with Crippen LogP contribution in [-0.2, 0) is 11.3 Å². The normalized spacial score (nSPS) is 20.1. The summed E-state index contributed by atoms with van der Waals surface area (Å²) in [5.74, 6) is 1.83. The number of piperazine rings is 1. The monoisotopic (exact) mass is 407 g/mol. The van der Waals surface area contributed by atoms with Crippen LogP contribution in [0.3, 0.4) is 0 Å². The minimum atomic E-state index is -0.00481. The number of benzene rings is 1. The van der Waals surface area contributed by atoms with E-state index in [2.05, 4.69) is 38.0 Å². The number of anilines is 1. The number of methoxy groups -OCH3 is 1. The van der Waals surface area contributed by atoms with Crippen molar-refractivity contribution in [3.05, 3.63) is 47.4 Å². The molecule has 0 spiro atoms. The van der Waals surface area contributed by atoms with Crippen molar-refractivity contribution in [1.82, 2.24) is 14.9 Å². The molecule has 1 saturated heterocycles. The van der Waals surface area contributed by atoms with Crippen molar-refractivity contribution in [2.45, 2.75) is 38.5 Å². The van der Waals surface area contributed by atoms with Gasteiger partial charge in [0.05, 0.1) is 24.6 Å². The number of hydrogen-bond donors (Lipinski definition) is 0. The average molecular weight is 408 g/mol. The predicted octanol–water partition coefficient (Wildman–Crippen LogP) is 2.53. The third kappa shape index (κ3) is 4.04. The molecule has 7 nitrogen and oxygen atoms in total. The van der Waals surface area contributed by atoms with Crippen molar-refractivity contribution in [3.63, 3.8) is 0 Å². The van der Waals surface area contributed by atoms with E-state index in [-0.39, 0.29) is 6.10 Å². The summed E-state index contributed by atoms with van der Waals surface area (Å²) in [6.07, 6.45) is 4.40. The second-order valence-corrected chi connectivity index (χ2v) is 8.38. The van der Waals surface area contributed by atoms with Gasteiger partial charge in [0.1, 0.15) is 24.0 Å². The predicted molar refractivity (Wildman–Crippen MR) is 117 cm³/mol. The first-order valence-electron chi connectivity index (χ1n) is 10.9. The van der Waals surface area contributed by atoms with Gasteiger partial charge in [0, 0.05) is 51.0 Å². The molecule has 5 rings (SSSR count). The van der Waals surface area contributed by atoms with Crippen molar-refractivity contribution in [3.8, 4) is 5.75 Å². The van der Waals surface area contributed by atoms with E-state index < -0.39 is 0 Å². The number of nitrogens with zero attached hydrogens (tertiary/aromatic N) is 5. The lowest BCUT2D eigenvalue weighted by molar-refractivity contribution is 0.0921. The Bertz CT molecular complexity index is 935. The van der Waals surface area contributed by atoms with Crippen LogP contribution in [0, 0.1) is 0 Å². The maximum Gasteiger partial charge on any atom is 0.132 e. The first kappa shape index (κ1) is 19.5. The minimum Gasteiger partial charge on any atom is -0.488 e. The fourth-order valence-corrected chi connectivity index (χ4v) is 4.36. The summed E-state index contributed by atoms with van der Waals surface area (Å²) < 4.78 is 11.2. The van der Waals surface area contributed by atoms with Gasteiger partial charge >= 0.3 is 0 Å². The molecule has 1 saturated carbocycles. The molecule has 1 aromatic carbocycles. The molecule has 3 aliphatic rings. The third-order valence-electron chi connectivity index (χ3n) is 6.08. The van der Waals surface area contributed by atoms with Crippen molar-refractivity contribution < 1.29 is 9.47 Å². The van der Waals surface area contributed by atoms with Gasteiger partial charge in [-0.1, -0.05) is 6.07 Å². The molecule has 0 radical (unpaired) electrons. The van der Waals surface area contributed by atoms with Crippen LogP contribution in [-0.4, -0.2) is 72.6 Å². The second-order valence-electron chi connectivity index (χ2n) is 8.38. The van der Waals surface area contributed by atoms with Crippen molar-refractivity contribution >= 4 is 11.5 Å². The van der Waals surface area contributed by atoms with Gasteiger partial charge in [-0.25, -0.2) is 9.97 Å². The maximum absolute atomic E-state index is 5.99. The molecule has 7 heteroatoms. The molecule has 2 aliphatic heterocycles. The number of aromatic nitrogens is 2. The van der Waals surface area contributed by atoms with Gasteiger partial charge in [-0.3, -0.25) is 9.89 Å². The number of aliphatic imine (C=N–C) groups is 1. The van der Waals surface area contributed by atoms with E-state index in [0.29, 0.717) is 13.2 Å². The molecular weight excluding hydrogens is 378 g/mol. The van der Waals surface area contributed by atoms with Gasteiger partial charge in [-0.15, -0.1) is 0 Å². The van der Waals surface area contributed by atoms with Crippen LogP contribution in [0.1, 0.15) is 36.6 Å². The average Bonchev–Trinajstić information content (AvgIpc) is 3.54. The Morgan fingerprint density at radius 2 is 1.93 bits per heavy atom. The largest absolute Gasteiger partial charge is 0.488 e. The van der Waals surface area contributed by atoms with E-state index >= 15 is 0 Å². The zero-order valence-electron chi connectivity index (χ0n) is 17.8. The molecular formula is C23H29N5O2. The minimum absolute atomic E-state index is 0.00481. The Hall–Kier alpha value is -2.51. The Morgan fingerprint density at radius 1 is 1.10 bits per heavy atom. The highest BCUT2D eigenvalue weighted by molar-refractivity contribution is 6.14. The number of fused-ring (bicyclic) bond motifs is 1. The quantitative estimate of drug-likeness (QED) is 0.703. The summed E-state index contributed by atoms with van der Waals surface area (Å²) >= 11 is 0. The number of rotatable bonds is 7. The van der Waals surface area contributed by atoms with E-state index in [1.807, 2.05) is 13.0 Å². The molecule has 3 heterocycles. The molecule has 0 bridgehead atoms. The topological polar surface area (TPSA) is 63.1 Å². The molecule has 0 unspecified atom stereocenters. The smallest absolute Gasteiger partial charge is 0.132 e. The van der Waals surface area contributed by atoms with Crippen LogP contribution in [0.2, 0.25) is 0 Å². The van der Waals surface area contributed by atoms with Crippen LogP contribution in [0.4, 0.5) is 5.82 Å². The summed E-state index contributed by atoms with van der Waals surface area (Å²) in [7, 11) is 1.69. The van der Waals surface area contributed by atoms with Gasteiger partial charge in [-0.2, -0.15) is 0 Å². The van der Waals surface area contributed by atoms with Gasteiger partial charge < -0.3 is 14.4 Å². The first-order valence-corrected chi connectivity index (χ1v) is 10.9. The SMILES string of the molecule is COC[C@H](C)Oc1ccc2c(c1)C(c1cc(N3CCN(C4CC4)CC3)ncn1)=NC2. The van der Waals surface area contributed by atoms with Gasteiger partial charge in [0.2, 0.25) is 0 Å². The Kier molecular flexibility index (Phi) is 5.39. The third-order valence-corrected chi connectivity index (χ3v) is 6.08. The van der Waals surface area contributed by atoms with E-state index in [0.717, 1.165) is 60.8 Å². The van der Waals surface area contributed by atoms with E-state index in [1.165, 1.54) is 18.4 Å². The first-order chi connectivity index (χ1) is 14.7. The Labute approximate surface area is 177 Å². The lowest BCUT2D eigenvalue weighted by Crippen LogP contribution is -2.47. The summed E-state index contributed by atoms with van der Waals surface area (Å²) in [6, 6.07) is 9.10. The van der Waals surface area contributed by atoms with Crippen LogP contribution in [0.5, 0.6) is 5.75 Å². The van der Waals surface area contributed by atoms with Gasteiger partial charge in [0.15, 0.2) is 0 Å². The fourth-order valence-electron chi connectivity index (χ4n) is 4.36. The van der Waals surface area contributed by atoms with Crippen molar-refractivity contribution in [1.29, 1.82) is 0 Å². The molecule has 2 aromatic rings. The number of ether oxygens (including phenoxy) is 2. The van der Waals surface area contributed by atoms with Crippen LogP contribution in [0.15, 0.2) is 35.6 Å². The zero-order chi connectivity index (χ0) is 20.5. The highest BCUT2D eigenvalue weighted by atomic mass is 16.5. The van der Waals surface area contributed by atoms with Gasteiger partial charge in [0.25, 0.3) is 0 Å². The highest BCUT2D eigenvalue weighted by Gasteiger charge is 2.31. The molecule has 30 heavy (non-hydrogen) atoms. The molecule has 0 amide bonds. The standard InChI is InChI=1S/C23H29N5O2/c1-16(14-29-2)30-19-6-3-17-13-24-23(20(17)11-19)21-12-22(26-15-25-21)28-9-7-27(8-10-28)18-4-5-18/h3,6,11-12,15-16,18H,4-5,7-10,13-14H2,1-2H3/t16-/m0/s1. The molecule has 0 N–H and O–H groups in total. The van der Waals surface area contributed by atoms with Crippen LogP contribution in [0.25, 0.3) is 0 Å². The molecule has 1 aromatic heterocycles.